The van der Waals surface area contributed by atoms with Gasteiger partial charge in [0.15, 0.2) is 11.6 Å². The van der Waals surface area contributed by atoms with E-state index in [0.717, 1.165) is 56.0 Å². The van der Waals surface area contributed by atoms with Gasteiger partial charge in [0, 0.05) is 36.6 Å². The summed E-state index contributed by atoms with van der Waals surface area (Å²) in [6, 6.07) is 3.32. The molecule has 8 nitrogen and oxygen atoms in total. The molecule has 1 amide bonds. The number of carbonyl (C=O) groups is 4. The average molecular weight is 536 g/mol. The van der Waals surface area contributed by atoms with E-state index in [2.05, 4.69) is 5.10 Å². The van der Waals surface area contributed by atoms with Crippen molar-refractivity contribution in [2.24, 2.45) is 10.8 Å². The highest BCUT2D eigenvalue weighted by molar-refractivity contribution is 6.06. The van der Waals surface area contributed by atoms with Gasteiger partial charge in [0.25, 0.3) is 0 Å². The van der Waals surface area contributed by atoms with E-state index in [1.54, 1.807) is 16.7 Å². The first kappa shape index (κ1) is 27.5. The number of ketones is 3. The molecule has 1 aliphatic carbocycles. The molecule has 39 heavy (non-hydrogen) atoms. The van der Waals surface area contributed by atoms with E-state index in [0.29, 0.717) is 36.1 Å². The van der Waals surface area contributed by atoms with Crippen molar-refractivity contribution in [3.8, 4) is 5.75 Å². The van der Waals surface area contributed by atoms with Crippen molar-refractivity contribution in [3.63, 3.8) is 0 Å². The number of hydrogen-bond donors (Lipinski definition) is 0. The minimum atomic E-state index is -0.461. The van der Waals surface area contributed by atoms with Gasteiger partial charge in [-0.2, -0.15) is 5.10 Å². The molecule has 1 aromatic heterocycles. The molecule has 0 unspecified atom stereocenters. The summed E-state index contributed by atoms with van der Waals surface area (Å²) in [6.07, 6.45) is 7.46. The first-order chi connectivity index (χ1) is 18.5. The number of aromatic nitrogens is 2. The molecule has 1 saturated carbocycles. The van der Waals surface area contributed by atoms with Crippen molar-refractivity contribution < 1.29 is 23.9 Å². The highest BCUT2D eigenvalue weighted by Gasteiger charge is 2.66. The van der Waals surface area contributed by atoms with E-state index in [1.807, 2.05) is 32.9 Å². The largest absolute Gasteiger partial charge is 0.497 e. The molecule has 8 heteroatoms. The van der Waals surface area contributed by atoms with Crippen molar-refractivity contribution in [1.82, 2.24) is 14.7 Å². The van der Waals surface area contributed by atoms with Gasteiger partial charge < -0.3 is 9.64 Å². The lowest BCUT2D eigenvalue weighted by Gasteiger charge is -2.26. The molecule has 2 aromatic rings. The number of nitrogens with zero attached hydrogens (tertiary/aromatic N) is 3. The summed E-state index contributed by atoms with van der Waals surface area (Å²) in [7, 11) is 1.60. The van der Waals surface area contributed by atoms with Crippen LogP contribution in [0.2, 0.25) is 0 Å². The Morgan fingerprint density at radius 1 is 1.08 bits per heavy atom. The third kappa shape index (κ3) is 4.91. The molecule has 3 aliphatic rings. The highest BCUT2D eigenvalue weighted by atomic mass is 16.5. The Kier molecular flexibility index (Phi) is 7.18. The number of ether oxygens (including phenoxy) is 1. The van der Waals surface area contributed by atoms with Crippen LogP contribution in [0, 0.1) is 10.8 Å². The van der Waals surface area contributed by atoms with Crippen molar-refractivity contribution >= 4 is 34.2 Å². The second kappa shape index (κ2) is 10.2. The molecule has 0 spiro atoms. The quantitative estimate of drug-likeness (QED) is 0.507. The van der Waals surface area contributed by atoms with Crippen LogP contribution >= 0.6 is 0 Å². The average Bonchev–Trinajstić information content (AvgIpc) is 3.31. The van der Waals surface area contributed by atoms with Gasteiger partial charge >= 0.3 is 0 Å². The lowest BCUT2D eigenvalue weighted by Crippen LogP contribution is -2.44. The summed E-state index contributed by atoms with van der Waals surface area (Å²) in [6.45, 7) is 7.39. The van der Waals surface area contributed by atoms with Crippen molar-refractivity contribution in [1.29, 1.82) is 0 Å². The van der Waals surface area contributed by atoms with Gasteiger partial charge in [-0.15, -0.1) is 0 Å². The molecule has 1 saturated heterocycles. The zero-order chi connectivity index (χ0) is 28.1. The van der Waals surface area contributed by atoms with Gasteiger partial charge in [-0.05, 0) is 61.6 Å². The van der Waals surface area contributed by atoms with Crippen LogP contribution in [-0.2, 0) is 27.3 Å². The number of aryl methyl sites for hydroxylation is 1. The maximum atomic E-state index is 13.9. The zero-order valence-electron chi connectivity index (χ0n) is 24.0. The van der Waals surface area contributed by atoms with E-state index in [9.17, 15) is 19.2 Å². The fourth-order valence-corrected chi connectivity index (χ4v) is 7.03. The molecular formula is C31H41N3O5. The van der Waals surface area contributed by atoms with E-state index in [-0.39, 0.29) is 46.7 Å². The van der Waals surface area contributed by atoms with Crippen LogP contribution in [0.15, 0.2) is 12.1 Å². The predicted molar refractivity (Wildman–Crippen MR) is 148 cm³/mol. The van der Waals surface area contributed by atoms with Gasteiger partial charge in [0.1, 0.15) is 23.8 Å². The fourth-order valence-electron chi connectivity index (χ4n) is 7.03. The van der Waals surface area contributed by atoms with Crippen LogP contribution in [0.3, 0.4) is 0 Å². The maximum absolute atomic E-state index is 13.9. The van der Waals surface area contributed by atoms with E-state index in [4.69, 9.17) is 4.74 Å². The number of hydrogen-bond acceptors (Lipinski definition) is 6. The van der Waals surface area contributed by atoms with Gasteiger partial charge in [-0.1, -0.05) is 33.6 Å². The SMILES string of the molecule is CCC(=O)[C@@H]1C[C@]23CCC(=O)C(C)(C)CCCCCc4cc(OC)cc5c(C(C)=O)nn(c45)CC(=O)N1[C@@H]2C3. The minimum Gasteiger partial charge on any atom is -0.497 e. The standard InChI is InChI=1S/C31H41N3O5/c1-6-24(36)23-16-31-13-11-26(37)30(3,4)12-9-7-8-10-20-14-21(39-5)15-22-28(19(2)35)32-33(29(20)22)18-27(38)34(23)25(31)17-31/h14-15,23,25H,6-13,16-18H2,1-5H3/t23-,25+,31-/m0/s1. The predicted octanol–water partition coefficient (Wildman–Crippen LogP) is 5.08. The van der Waals surface area contributed by atoms with Gasteiger partial charge in [-0.3, -0.25) is 23.9 Å². The Bertz CT molecular complexity index is 1340. The Labute approximate surface area is 230 Å². The van der Waals surface area contributed by atoms with Crippen molar-refractivity contribution in [2.45, 2.75) is 111 Å². The maximum Gasteiger partial charge on any atom is 0.245 e. The normalized spacial score (nSPS) is 27.3. The third-order valence-electron chi connectivity index (χ3n) is 9.53. The second-order valence-corrected chi connectivity index (χ2v) is 12.5. The van der Waals surface area contributed by atoms with Crippen LogP contribution in [0.5, 0.6) is 5.75 Å². The molecule has 2 aliphatic heterocycles. The monoisotopic (exact) mass is 535 g/mol. The molecule has 2 fully saturated rings. The summed E-state index contributed by atoms with van der Waals surface area (Å²) in [5.41, 5.74) is 1.56. The third-order valence-corrected chi connectivity index (χ3v) is 9.53. The Morgan fingerprint density at radius 3 is 2.54 bits per heavy atom. The van der Waals surface area contributed by atoms with E-state index in [1.165, 1.54) is 6.92 Å². The molecule has 5 rings (SSSR count). The lowest BCUT2D eigenvalue weighted by atomic mass is 9.79. The van der Waals surface area contributed by atoms with E-state index < -0.39 is 6.04 Å². The number of piperidine rings is 1. The number of benzene rings is 1. The first-order valence-corrected chi connectivity index (χ1v) is 14.5. The van der Waals surface area contributed by atoms with Crippen LogP contribution in [0.1, 0.15) is 102 Å². The molecule has 0 radical (unpaired) electrons. The fraction of sp³-hybridized carbons (Fsp3) is 0.645. The van der Waals surface area contributed by atoms with Gasteiger partial charge in [-0.25, -0.2) is 0 Å². The molecule has 210 valence electrons. The molecule has 3 atom stereocenters. The first-order valence-electron chi connectivity index (χ1n) is 14.5. The molecule has 2 bridgehead atoms. The number of Topliss-reactive ketones (excluding diaryl/α,β-unsaturated/α-hetero) is 3. The second-order valence-electron chi connectivity index (χ2n) is 12.5. The minimum absolute atomic E-state index is 0.0224. The summed E-state index contributed by atoms with van der Waals surface area (Å²) in [5, 5.41) is 5.33. The number of methoxy groups -OCH3 is 1. The Hall–Kier alpha value is -3.03. The highest BCUT2D eigenvalue weighted by Crippen LogP contribution is 2.62. The number of rotatable bonds is 4. The van der Waals surface area contributed by atoms with Crippen LogP contribution < -0.4 is 4.74 Å². The van der Waals surface area contributed by atoms with Crippen molar-refractivity contribution in [3.05, 3.63) is 23.4 Å². The summed E-state index contributed by atoms with van der Waals surface area (Å²) in [4.78, 5) is 54.6. The molecule has 0 N–H and O–H groups in total. The van der Waals surface area contributed by atoms with Gasteiger partial charge in [0.2, 0.25) is 5.91 Å². The van der Waals surface area contributed by atoms with Crippen LogP contribution in [0.4, 0.5) is 0 Å². The molecule has 1 aromatic carbocycles. The summed E-state index contributed by atoms with van der Waals surface area (Å²) in [5.74, 6) is 0.682. The Morgan fingerprint density at radius 2 is 1.85 bits per heavy atom. The number of amides is 1. The van der Waals surface area contributed by atoms with E-state index >= 15 is 0 Å². The Balaban J connectivity index is 1.58. The lowest BCUT2D eigenvalue weighted by molar-refractivity contribution is -0.139. The number of carbonyl (C=O) groups excluding carboxylic acids is 4. The summed E-state index contributed by atoms with van der Waals surface area (Å²) < 4.78 is 7.23. The smallest absolute Gasteiger partial charge is 0.245 e. The molecular weight excluding hydrogens is 494 g/mol. The van der Waals surface area contributed by atoms with Crippen LogP contribution in [0.25, 0.3) is 10.9 Å². The zero-order valence-corrected chi connectivity index (χ0v) is 24.0. The summed E-state index contributed by atoms with van der Waals surface area (Å²) >= 11 is 0. The molecule has 3 heterocycles. The van der Waals surface area contributed by atoms with Crippen molar-refractivity contribution in [2.75, 3.05) is 7.11 Å². The van der Waals surface area contributed by atoms with Crippen LogP contribution in [-0.4, -0.2) is 57.1 Å². The van der Waals surface area contributed by atoms with Gasteiger partial charge in [0.05, 0.1) is 18.7 Å². The topological polar surface area (TPSA) is 98.6 Å².